The average Bonchev–Trinajstić information content (AvgIpc) is 2.55. The highest BCUT2D eigenvalue weighted by Gasteiger charge is 2.22. The molecule has 0 aliphatic rings. The summed E-state index contributed by atoms with van der Waals surface area (Å²) in [5, 5.41) is 2.82. The number of amides is 1. The summed E-state index contributed by atoms with van der Waals surface area (Å²) in [6, 6.07) is 0. The average molecular weight is 260 g/mol. The topological polar surface area (TPSA) is 57.8 Å². The minimum Gasteiger partial charge on any atom is -0.355 e. The van der Waals surface area contributed by atoms with E-state index in [1.165, 1.54) is 0 Å². The maximum absolute atomic E-state index is 11.4. The van der Waals surface area contributed by atoms with Gasteiger partial charge in [0, 0.05) is 19.2 Å². The number of hydrogen-bond acceptors (Lipinski definition) is 2. The summed E-state index contributed by atoms with van der Waals surface area (Å²) >= 11 is 3.29. The molecule has 0 spiro atoms. The molecule has 2 N–H and O–H groups in total. The van der Waals surface area contributed by atoms with E-state index in [-0.39, 0.29) is 5.91 Å². The molecule has 1 rings (SSSR count). The molecule has 0 aromatic carbocycles. The summed E-state index contributed by atoms with van der Waals surface area (Å²) in [5.41, 5.74) is 0.956. The molecule has 78 valence electrons. The second-order valence-corrected chi connectivity index (χ2v) is 5.52. The molecule has 0 bridgehead atoms. The molecule has 0 aliphatic carbocycles. The lowest BCUT2D eigenvalue weighted by atomic mass is 10.2. The molecule has 0 saturated carbocycles. The Bertz CT molecular complexity index is 290. The van der Waals surface area contributed by atoms with Crippen molar-refractivity contribution in [3.8, 4) is 0 Å². The first-order valence-electron chi connectivity index (χ1n) is 4.45. The highest BCUT2D eigenvalue weighted by Crippen LogP contribution is 2.14. The fourth-order valence-electron chi connectivity index (χ4n) is 0.942. The van der Waals surface area contributed by atoms with Crippen molar-refractivity contribution >= 4 is 21.8 Å². The molecule has 0 aliphatic heterocycles. The Kier molecular flexibility index (Phi) is 3.69. The first kappa shape index (κ1) is 11.2. The number of rotatable bonds is 4. The lowest BCUT2D eigenvalue weighted by Crippen LogP contribution is -2.38. The fourth-order valence-corrected chi connectivity index (χ4v) is 1.08. The van der Waals surface area contributed by atoms with E-state index in [9.17, 15) is 4.79 Å². The van der Waals surface area contributed by atoms with Crippen molar-refractivity contribution in [2.24, 2.45) is 0 Å². The van der Waals surface area contributed by atoms with Gasteiger partial charge in [0.25, 0.3) is 0 Å². The number of halogens is 1. The molecule has 1 aromatic rings. The number of carbonyl (C=O) groups is 1. The second-order valence-electron chi connectivity index (χ2n) is 3.54. The lowest BCUT2D eigenvalue weighted by Gasteiger charge is -2.15. The van der Waals surface area contributed by atoms with E-state index in [1.54, 1.807) is 6.33 Å². The van der Waals surface area contributed by atoms with Crippen LogP contribution in [0.25, 0.3) is 0 Å². The largest absolute Gasteiger partial charge is 0.355 e. The molecular formula is C9H14BrN3O. The summed E-state index contributed by atoms with van der Waals surface area (Å²) in [5.74, 6) is -0.00645. The zero-order valence-electron chi connectivity index (χ0n) is 8.30. The summed E-state index contributed by atoms with van der Waals surface area (Å²) in [6.07, 6.45) is 4.20. The predicted molar refractivity (Wildman–Crippen MR) is 58.3 cm³/mol. The summed E-state index contributed by atoms with van der Waals surface area (Å²) in [6.45, 7) is 4.24. The lowest BCUT2D eigenvalue weighted by molar-refractivity contribution is -0.122. The third-order valence-electron chi connectivity index (χ3n) is 1.76. The Labute approximate surface area is 91.6 Å². The number of nitrogens with one attached hydrogen (secondary N) is 2. The number of hydrogen-bond donors (Lipinski definition) is 2. The zero-order chi connectivity index (χ0) is 10.6. The number of H-pyrrole nitrogens is 1. The molecule has 0 fully saturated rings. The third-order valence-corrected chi connectivity index (χ3v) is 2.12. The van der Waals surface area contributed by atoms with Crippen molar-refractivity contribution in [3.63, 3.8) is 0 Å². The van der Waals surface area contributed by atoms with Crippen LogP contribution in [-0.4, -0.2) is 26.7 Å². The number of aromatic amines is 1. The van der Waals surface area contributed by atoms with Crippen LogP contribution >= 0.6 is 15.9 Å². The van der Waals surface area contributed by atoms with Crippen molar-refractivity contribution in [2.75, 3.05) is 6.54 Å². The van der Waals surface area contributed by atoms with E-state index >= 15 is 0 Å². The van der Waals surface area contributed by atoms with Crippen LogP contribution in [0.1, 0.15) is 19.5 Å². The normalized spacial score (nSPS) is 11.4. The van der Waals surface area contributed by atoms with Crippen LogP contribution in [0.4, 0.5) is 0 Å². The van der Waals surface area contributed by atoms with E-state index in [4.69, 9.17) is 0 Å². The van der Waals surface area contributed by atoms with Gasteiger partial charge >= 0.3 is 0 Å². The van der Waals surface area contributed by atoms with Crippen LogP contribution in [0.2, 0.25) is 0 Å². The van der Waals surface area contributed by atoms with Crippen LogP contribution in [0.15, 0.2) is 12.5 Å². The van der Waals surface area contributed by atoms with Gasteiger partial charge in [-0.05, 0) is 13.8 Å². The van der Waals surface area contributed by atoms with Crippen LogP contribution < -0.4 is 5.32 Å². The van der Waals surface area contributed by atoms with Crippen LogP contribution in [-0.2, 0) is 11.2 Å². The molecule has 1 heterocycles. The second kappa shape index (κ2) is 4.59. The Morgan fingerprint density at radius 2 is 2.43 bits per heavy atom. The summed E-state index contributed by atoms with van der Waals surface area (Å²) in [4.78, 5) is 18.3. The molecule has 0 radical (unpaired) electrons. The predicted octanol–water partition coefficient (Wildman–Crippen LogP) is 1.24. The van der Waals surface area contributed by atoms with Gasteiger partial charge in [-0.1, -0.05) is 15.9 Å². The molecule has 0 atom stereocenters. The maximum atomic E-state index is 11.4. The highest BCUT2D eigenvalue weighted by molar-refractivity contribution is 9.10. The Morgan fingerprint density at radius 1 is 1.71 bits per heavy atom. The number of alkyl halides is 1. The summed E-state index contributed by atoms with van der Waals surface area (Å²) < 4.78 is -0.501. The quantitative estimate of drug-likeness (QED) is 0.800. The van der Waals surface area contributed by atoms with Crippen molar-refractivity contribution in [1.29, 1.82) is 0 Å². The van der Waals surface area contributed by atoms with Gasteiger partial charge in [0.1, 0.15) is 0 Å². The highest BCUT2D eigenvalue weighted by atomic mass is 79.9. The molecule has 4 nitrogen and oxygen atoms in total. The number of nitrogens with zero attached hydrogens (tertiary/aromatic N) is 1. The summed E-state index contributed by atoms with van der Waals surface area (Å²) in [7, 11) is 0. The van der Waals surface area contributed by atoms with E-state index in [1.807, 2.05) is 20.0 Å². The Hall–Kier alpha value is -0.840. The van der Waals surface area contributed by atoms with E-state index in [2.05, 4.69) is 31.2 Å². The minimum absolute atomic E-state index is 0.00645. The molecule has 1 amide bonds. The van der Waals surface area contributed by atoms with E-state index in [0.29, 0.717) is 6.54 Å². The first-order chi connectivity index (χ1) is 6.50. The Morgan fingerprint density at radius 3 is 2.93 bits per heavy atom. The minimum atomic E-state index is -0.501. The smallest absolute Gasteiger partial charge is 0.236 e. The standard InChI is InChI=1S/C9H14BrN3O/c1-9(2,10)8(14)12-4-3-7-5-11-6-13-7/h5-6H,3-4H2,1-2H3,(H,11,13)(H,12,14). The molecule has 14 heavy (non-hydrogen) atoms. The Balaban J connectivity index is 2.26. The van der Waals surface area contributed by atoms with Gasteiger partial charge in [0.2, 0.25) is 5.91 Å². The van der Waals surface area contributed by atoms with Crippen molar-refractivity contribution in [1.82, 2.24) is 15.3 Å². The third kappa shape index (κ3) is 3.49. The van der Waals surface area contributed by atoms with E-state index < -0.39 is 4.32 Å². The molecule has 0 saturated heterocycles. The first-order valence-corrected chi connectivity index (χ1v) is 5.24. The van der Waals surface area contributed by atoms with Crippen molar-refractivity contribution in [3.05, 3.63) is 18.2 Å². The number of imidazole rings is 1. The maximum Gasteiger partial charge on any atom is 0.236 e. The van der Waals surface area contributed by atoms with E-state index in [0.717, 1.165) is 12.1 Å². The fraction of sp³-hybridized carbons (Fsp3) is 0.556. The van der Waals surface area contributed by atoms with Crippen LogP contribution in [0, 0.1) is 0 Å². The molecule has 1 aromatic heterocycles. The van der Waals surface area contributed by atoms with Gasteiger partial charge in [-0.3, -0.25) is 4.79 Å². The SMILES string of the molecule is CC(C)(Br)C(=O)NCCc1c[nH]cn1. The molecule has 5 heteroatoms. The monoisotopic (exact) mass is 259 g/mol. The van der Waals surface area contributed by atoms with Crippen molar-refractivity contribution < 1.29 is 4.79 Å². The van der Waals surface area contributed by atoms with Gasteiger partial charge in [0.15, 0.2) is 0 Å². The van der Waals surface area contributed by atoms with Crippen LogP contribution in [0.5, 0.6) is 0 Å². The van der Waals surface area contributed by atoms with Crippen LogP contribution in [0.3, 0.4) is 0 Å². The van der Waals surface area contributed by atoms with Gasteiger partial charge in [-0.2, -0.15) is 0 Å². The molecular weight excluding hydrogens is 246 g/mol. The number of aromatic nitrogens is 2. The zero-order valence-corrected chi connectivity index (χ0v) is 9.89. The van der Waals surface area contributed by atoms with Gasteiger partial charge in [0.05, 0.1) is 16.3 Å². The molecule has 0 unspecified atom stereocenters. The van der Waals surface area contributed by atoms with Gasteiger partial charge in [-0.25, -0.2) is 4.98 Å². The van der Waals surface area contributed by atoms with Crippen molar-refractivity contribution in [2.45, 2.75) is 24.6 Å². The number of carbonyl (C=O) groups excluding carboxylic acids is 1. The van der Waals surface area contributed by atoms with Gasteiger partial charge in [-0.15, -0.1) is 0 Å². The van der Waals surface area contributed by atoms with Gasteiger partial charge < -0.3 is 10.3 Å².